The molecule has 0 bridgehead atoms. The van der Waals surface area contributed by atoms with Crippen molar-refractivity contribution in [3.05, 3.63) is 30.5 Å². The molecule has 0 aliphatic carbocycles. The van der Waals surface area contributed by atoms with Gasteiger partial charge in [-0.3, -0.25) is 9.59 Å². The standard InChI is InChI=1S/C20H22N4O5/c1-2-27-19(26)12-18(25)23-7-9-24(10-8-23)20-21-6-5-15(22-20)14-3-4-16-17(11-14)29-13-28-16/h3-6,11H,2,7-10,12-13H2,1H3. The van der Waals surface area contributed by atoms with Crippen molar-refractivity contribution in [3.8, 4) is 22.8 Å². The van der Waals surface area contributed by atoms with Crippen molar-refractivity contribution in [2.75, 3.05) is 44.5 Å². The zero-order chi connectivity index (χ0) is 20.2. The fourth-order valence-electron chi connectivity index (χ4n) is 3.32. The van der Waals surface area contributed by atoms with Gasteiger partial charge in [-0.25, -0.2) is 9.97 Å². The number of esters is 1. The number of amides is 1. The molecule has 1 saturated heterocycles. The van der Waals surface area contributed by atoms with Crippen molar-refractivity contribution < 1.29 is 23.8 Å². The summed E-state index contributed by atoms with van der Waals surface area (Å²) in [5.41, 5.74) is 1.70. The van der Waals surface area contributed by atoms with E-state index in [1.807, 2.05) is 29.2 Å². The average molecular weight is 398 g/mol. The summed E-state index contributed by atoms with van der Waals surface area (Å²) in [4.78, 5) is 36.5. The molecule has 0 radical (unpaired) electrons. The second-order valence-corrected chi connectivity index (χ2v) is 6.66. The van der Waals surface area contributed by atoms with Gasteiger partial charge in [0.1, 0.15) is 6.42 Å². The van der Waals surface area contributed by atoms with E-state index in [9.17, 15) is 9.59 Å². The Morgan fingerprint density at radius 1 is 1.10 bits per heavy atom. The van der Waals surface area contributed by atoms with Gasteiger partial charge in [-0.2, -0.15) is 0 Å². The highest BCUT2D eigenvalue weighted by Crippen LogP contribution is 2.35. The number of nitrogens with zero attached hydrogens (tertiary/aromatic N) is 4. The molecule has 29 heavy (non-hydrogen) atoms. The maximum Gasteiger partial charge on any atom is 0.315 e. The molecule has 2 aliphatic heterocycles. The predicted molar refractivity (Wildman–Crippen MR) is 104 cm³/mol. The fraction of sp³-hybridized carbons (Fsp3) is 0.400. The van der Waals surface area contributed by atoms with E-state index in [4.69, 9.17) is 14.2 Å². The van der Waals surface area contributed by atoms with Crippen LogP contribution < -0.4 is 14.4 Å². The number of rotatable bonds is 5. The molecule has 9 nitrogen and oxygen atoms in total. The van der Waals surface area contributed by atoms with Crippen LogP contribution in [0, 0.1) is 0 Å². The van der Waals surface area contributed by atoms with E-state index >= 15 is 0 Å². The Bertz CT molecular complexity index is 911. The van der Waals surface area contributed by atoms with Crippen molar-refractivity contribution >= 4 is 17.8 Å². The average Bonchev–Trinajstić information content (AvgIpc) is 3.22. The summed E-state index contributed by atoms with van der Waals surface area (Å²) in [7, 11) is 0. The highest BCUT2D eigenvalue weighted by Gasteiger charge is 2.24. The SMILES string of the molecule is CCOC(=O)CC(=O)N1CCN(c2nccc(-c3ccc4c(c3)OCO4)n2)CC1. The molecule has 4 rings (SSSR count). The first-order valence-electron chi connectivity index (χ1n) is 9.55. The molecular formula is C20H22N4O5. The van der Waals surface area contributed by atoms with E-state index in [0.29, 0.717) is 37.9 Å². The number of benzene rings is 1. The summed E-state index contributed by atoms with van der Waals surface area (Å²) in [6, 6.07) is 7.56. The maximum absolute atomic E-state index is 12.2. The Morgan fingerprint density at radius 3 is 2.69 bits per heavy atom. The number of hydrogen-bond donors (Lipinski definition) is 0. The van der Waals surface area contributed by atoms with Crippen LogP contribution in [0.2, 0.25) is 0 Å². The van der Waals surface area contributed by atoms with Gasteiger partial charge in [0.25, 0.3) is 0 Å². The summed E-state index contributed by atoms with van der Waals surface area (Å²) in [6.45, 7) is 4.44. The quantitative estimate of drug-likeness (QED) is 0.552. The molecule has 1 amide bonds. The molecule has 9 heteroatoms. The number of carbonyl (C=O) groups is 2. The van der Waals surface area contributed by atoms with Gasteiger partial charge in [0.15, 0.2) is 11.5 Å². The zero-order valence-electron chi connectivity index (χ0n) is 16.2. The van der Waals surface area contributed by atoms with Gasteiger partial charge in [0.05, 0.1) is 12.3 Å². The van der Waals surface area contributed by atoms with Crippen LogP contribution in [0.5, 0.6) is 11.5 Å². The molecule has 152 valence electrons. The second kappa shape index (κ2) is 8.34. The fourth-order valence-corrected chi connectivity index (χ4v) is 3.32. The van der Waals surface area contributed by atoms with Crippen molar-refractivity contribution in [2.45, 2.75) is 13.3 Å². The number of aromatic nitrogens is 2. The molecule has 2 aliphatic rings. The first-order chi connectivity index (χ1) is 14.1. The molecule has 0 saturated carbocycles. The smallest absolute Gasteiger partial charge is 0.315 e. The molecule has 0 atom stereocenters. The third-order valence-corrected chi connectivity index (χ3v) is 4.83. The third-order valence-electron chi connectivity index (χ3n) is 4.83. The lowest BCUT2D eigenvalue weighted by Crippen LogP contribution is -2.49. The third kappa shape index (κ3) is 4.23. The molecule has 0 spiro atoms. The van der Waals surface area contributed by atoms with E-state index in [1.165, 1.54) is 0 Å². The molecule has 2 aromatic rings. The minimum atomic E-state index is -0.486. The number of hydrogen-bond acceptors (Lipinski definition) is 8. The Balaban J connectivity index is 1.40. The van der Waals surface area contributed by atoms with Gasteiger partial charge >= 0.3 is 5.97 Å². The number of fused-ring (bicyclic) bond motifs is 1. The number of carbonyl (C=O) groups excluding carboxylic acids is 2. The second-order valence-electron chi connectivity index (χ2n) is 6.66. The maximum atomic E-state index is 12.2. The van der Waals surface area contributed by atoms with E-state index in [-0.39, 0.29) is 25.7 Å². The van der Waals surface area contributed by atoms with Gasteiger partial charge in [-0.15, -0.1) is 0 Å². The van der Waals surface area contributed by atoms with Crippen LogP contribution in [0.3, 0.4) is 0 Å². The van der Waals surface area contributed by atoms with Gasteiger partial charge < -0.3 is 24.0 Å². The van der Waals surface area contributed by atoms with Crippen molar-refractivity contribution in [3.63, 3.8) is 0 Å². The van der Waals surface area contributed by atoms with Crippen LogP contribution in [0.1, 0.15) is 13.3 Å². The Morgan fingerprint density at radius 2 is 1.90 bits per heavy atom. The van der Waals surface area contributed by atoms with E-state index in [2.05, 4.69) is 9.97 Å². The molecule has 3 heterocycles. The topological polar surface area (TPSA) is 94.1 Å². The van der Waals surface area contributed by atoms with Crippen LogP contribution in [0.4, 0.5) is 5.95 Å². The lowest BCUT2D eigenvalue weighted by molar-refractivity contribution is -0.148. The monoisotopic (exact) mass is 398 g/mol. The van der Waals surface area contributed by atoms with Crippen molar-refractivity contribution in [1.29, 1.82) is 0 Å². The lowest BCUT2D eigenvalue weighted by Gasteiger charge is -2.34. The zero-order valence-corrected chi connectivity index (χ0v) is 16.2. The number of piperazine rings is 1. The summed E-state index contributed by atoms with van der Waals surface area (Å²) >= 11 is 0. The minimum absolute atomic E-state index is 0.210. The number of anilines is 1. The van der Waals surface area contributed by atoms with Gasteiger partial charge in [0, 0.05) is 37.9 Å². The van der Waals surface area contributed by atoms with Crippen LogP contribution in [-0.4, -0.2) is 66.3 Å². The first kappa shape index (κ1) is 19.0. The molecule has 1 fully saturated rings. The normalized spacial score (nSPS) is 15.3. The molecule has 0 unspecified atom stereocenters. The van der Waals surface area contributed by atoms with E-state index in [0.717, 1.165) is 17.0 Å². The summed E-state index contributed by atoms with van der Waals surface area (Å²) in [6.07, 6.45) is 1.50. The van der Waals surface area contributed by atoms with Crippen LogP contribution >= 0.6 is 0 Å². The molecule has 0 N–H and O–H groups in total. The molecular weight excluding hydrogens is 376 g/mol. The Hall–Kier alpha value is -3.36. The van der Waals surface area contributed by atoms with E-state index < -0.39 is 5.97 Å². The first-order valence-corrected chi connectivity index (χ1v) is 9.55. The van der Waals surface area contributed by atoms with Crippen molar-refractivity contribution in [2.24, 2.45) is 0 Å². The van der Waals surface area contributed by atoms with Gasteiger partial charge in [-0.05, 0) is 31.2 Å². The molecule has 1 aromatic carbocycles. The molecule has 1 aromatic heterocycles. The van der Waals surface area contributed by atoms with Crippen LogP contribution in [0.25, 0.3) is 11.3 Å². The number of ether oxygens (including phenoxy) is 3. The highest BCUT2D eigenvalue weighted by atomic mass is 16.7. The van der Waals surface area contributed by atoms with Crippen LogP contribution in [0.15, 0.2) is 30.5 Å². The Labute approximate surface area is 168 Å². The largest absolute Gasteiger partial charge is 0.466 e. The van der Waals surface area contributed by atoms with E-state index in [1.54, 1.807) is 18.0 Å². The lowest BCUT2D eigenvalue weighted by atomic mass is 10.1. The van der Waals surface area contributed by atoms with Crippen LogP contribution in [-0.2, 0) is 14.3 Å². The predicted octanol–water partition coefficient (Wildman–Crippen LogP) is 1.47. The summed E-state index contributed by atoms with van der Waals surface area (Å²) in [5, 5.41) is 0. The highest BCUT2D eigenvalue weighted by molar-refractivity contribution is 5.94. The minimum Gasteiger partial charge on any atom is -0.466 e. The summed E-state index contributed by atoms with van der Waals surface area (Å²) < 4.78 is 15.6. The van der Waals surface area contributed by atoms with Gasteiger partial charge in [-0.1, -0.05) is 0 Å². The Kier molecular flexibility index (Phi) is 5.46. The van der Waals surface area contributed by atoms with Gasteiger partial charge in [0.2, 0.25) is 18.6 Å². The van der Waals surface area contributed by atoms with Crippen molar-refractivity contribution in [1.82, 2.24) is 14.9 Å². The summed E-state index contributed by atoms with van der Waals surface area (Å²) in [5.74, 6) is 1.35.